The van der Waals surface area contributed by atoms with Crippen molar-refractivity contribution in [2.75, 3.05) is 6.61 Å². The maximum absolute atomic E-state index is 5.50. The Morgan fingerprint density at radius 2 is 2.20 bits per heavy atom. The highest BCUT2D eigenvalue weighted by Gasteiger charge is 1.97. The Labute approximate surface area is 87.5 Å². The van der Waals surface area contributed by atoms with Crippen LogP contribution in [-0.4, -0.2) is 27.2 Å². The van der Waals surface area contributed by atoms with Gasteiger partial charge in [-0.1, -0.05) is 12.1 Å². The molecule has 2 rings (SSSR count). The Balaban J connectivity index is 1.68. The van der Waals surface area contributed by atoms with Gasteiger partial charge in [-0.15, -0.1) is 5.10 Å². The summed E-state index contributed by atoms with van der Waals surface area (Å²) in [5, 5.41) is 13.5. The van der Waals surface area contributed by atoms with Crippen molar-refractivity contribution in [2.24, 2.45) is 0 Å². The number of tetrazole rings is 1. The number of rotatable bonds is 5. The van der Waals surface area contributed by atoms with Gasteiger partial charge in [-0.05, 0) is 35.0 Å². The molecule has 0 bridgehead atoms. The average molecular weight is 203 g/mol. The van der Waals surface area contributed by atoms with E-state index in [0.29, 0.717) is 6.61 Å². The van der Waals surface area contributed by atoms with Crippen molar-refractivity contribution >= 4 is 0 Å². The van der Waals surface area contributed by atoms with Gasteiger partial charge in [-0.3, -0.25) is 0 Å². The molecule has 0 saturated heterocycles. The fraction of sp³-hybridized carbons (Fsp3) is 0.300. The Kier molecular flexibility index (Phi) is 3.27. The van der Waals surface area contributed by atoms with Crippen LogP contribution in [0.25, 0.3) is 0 Å². The lowest BCUT2D eigenvalue weighted by Gasteiger charge is -2.03. The van der Waals surface area contributed by atoms with E-state index in [-0.39, 0.29) is 0 Å². The van der Waals surface area contributed by atoms with Gasteiger partial charge in [0.05, 0.1) is 6.61 Å². The summed E-state index contributed by atoms with van der Waals surface area (Å²) < 4.78 is 5.50. The number of nitrogens with one attached hydrogen (secondary N) is 1. The third kappa shape index (κ3) is 3.05. The van der Waals surface area contributed by atoms with Crippen LogP contribution in [0.2, 0.25) is 0 Å². The molecule has 0 aliphatic rings. The smallest absolute Gasteiger partial charge is 0.148 e. The lowest BCUT2D eigenvalue weighted by Crippen LogP contribution is -2.00. The number of aromatic nitrogens is 4. The molecular weight excluding hydrogens is 192 g/mol. The minimum atomic E-state index is 0.657. The van der Waals surface area contributed by atoms with E-state index in [4.69, 9.17) is 4.74 Å². The van der Waals surface area contributed by atoms with Crippen molar-refractivity contribution in [3.63, 3.8) is 0 Å². The first-order chi connectivity index (χ1) is 7.45. The Hall–Kier alpha value is -1.91. The van der Waals surface area contributed by atoms with Crippen molar-refractivity contribution in [3.8, 4) is 5.75 Å². The van der Waals surface area contributed by atoms with Crippen molar-refractivity contribution in [2.45, 2.75) is 12.8 Å². The van der Waals surface area contributed by atoms with Gasteiger partial charge in [0.25, 0.3) is 0 Å². The molecule has 5 nitrogen and oxygen atoms in total. The predicted molar refractivity (Wildman–Crippen MR) is 53.3 cm³/mol. The average Bonchev–Trinajstić information content (AvgIpc) is 2.79. The predicted octanol–water partition coefficient (Wildman–Crippen LogP) is 1.01. The molecular formula is C10H11N4O. The Morgan fingerprint density at radius 1 is 1.33 bits per heavy atom. The molecule has 0 unspecified atom stereocenters. The van der Waals surface area contributed by atoms with Crippen LogP contribution in [0.15, 0.2) is 24.3 Å². The molecule has 1 aromatic heterocycles. The lowest BCUT2D eigenvalue weighted by molar-refractivity contribution is 0.310. The number of aryl methyl sites for hydroxylation is 1. The molecule has 2 aromatic rings. The van der Waals surface area contributed by atoms with Crippen molar-refractivity contribution in [1.82, 2.24) is 20.6 Å². The molecule has 0 aliphatic carbocycles. The first-order valence-corrected chi connectivity index (χ1v) is 4.76. The van der Waals surface area contributed by atoms with E-state index in [2.05, 4.69) is 26.7 Å². The number of ether oxygens (including phenoxy) is 1. The molecule has 77 valence electrons. The third-order valence-electron chi connectivity index (χ3n) is 1.90. The van der Waals surface area contributed by atoms with Gasteiger partial charge in [0.15, 0.2) is 0 Å². The second kappa shape index (κ2) is 5.09. The van der Waals surface area contributed by atoms with Crippen molar-refractivity contribution < 1.29 is 4.74 Å². The zero-order chi connectivity index (χ0) is 10.3. The SMILES string of the molecule is [c]1ccc(OCCCc2nnn[nH]2)cc1. The van der Waals surface area contributed by atoms with E-state index in [1.54, 1.807) is 0 Å². The largest absolute Gasteiger partial charge is 0.494 e. The van der Waals surface area contributed by atoms with Gasteiger partial charge in [0, 0.05) is 6.42 Å². The first kappa shape index (κ1) is 9.64. The quantitative estimate of drug-likeness (QED) is 0.736. The summed E-state index contributed by atoms with van der Waals surface area (Å²) >= 11 is 0. The fourth-order valence-corrected chi connectivity index (χ4v) is 1.18. The Bertz CT molecular complexity index is 374. The van der Waals surface area contributed by atoms with Gasteiger partial charge in [-0.25, -0.2) is 5.10 Å². The van der Waals surface area contributed by atoms with Crippen molar-refractivity contribution in [1.29, 1.82) is 0 Å². The van der Waals surface area contributed by atoms with Crippen LogP contribution in [0, 0.1) is 6.07 Å². The number of hydrogen-bond acceptors (Lipinski definition) is 4. The number of nitrogens with zero attached hydrogens (tertiary/aromatic N) is 3. The van der Waals surface area contributed by atoms with Crippen LogP contribution < -0.4 is 4.74 Å². The summed E-state index contributed by atoms with van der Waals surface area (Å²) in [6.07, 6.45) is 1.68. The van der Waals surface area contributed by atoms with Gasteiger partial charge < -0.3 is 4.74 Å². The molecule has 1 radical (unpaired) electrons. The molecule has 1 aromatic carbocycles. The van der Waals surface area contributed by atoms with Gasteiger partial charge >= 0.3 is 0 Å². The summed E-state index contributed by atoms with van der Waals surface area (Å²) in [6, 6.07) is 10.4. The topological polar surface area (TPSA) is 63.7 Å². The number of hydrogen-bond donors (Lipinski definition) is 1. The minimum Gasteiger partial charge on any atom is -0.494 e. The second-order valence-corrected chi connectivity index (χ2v) is 3.04. The maximum Gasteiger partial charge on any atom is 0.148 e. The summed E-state index contributed by atoms with van der Waals surface area (Å²) in [7, 11) is 0. The summed E-state index contributed by atoms with van der Waals surface area (Å²) in [5.41, 5.74) is 0. The van der Waals surface area contributed by atoms with Gasteiger partial charge in [0.1, 0.15) is 11.6 Å². The van der Waals surface area contributed by atoms with E-state index in [0.717, 1.165) is 24.4 Å². The lowest BCUT2D eigenvalue weighted by atomic mass is 10.3. The van der Waals surface area contributed by atoms with Crippen LogP contribution in [0.3, 0.4) is 0 Å². The summed E-state index contributed by atoms with van der Waals surface area (Å²) in [5.74, 6) is 1.66. The summed E-state index contributed by atoms with van der Waals surface area (Å²) in [6.45, 7) is 0.657. The van der Waals surface area contributed by atoms with Gasteiger partial charge in [0.2, 0.25) is 0 Å². The molecule has 0 spiro atoms. The highest BCUT2D eigenvalue weighted by molar-refractivity contribution is 5.20. The van der Waals surface area contributed by atoms with E-state index < -0.39 is 0 Å². The van der Waals surface area contributed by atoms with E-state index in [9.17, 15) is 0 Å². The van der Waals surface area contributed by atoms with Gasteiger partial charge in [-0.2, -0.15) is 0 Å². The molecule has 1 heterocycles. The molecule has 0 amide bonds. The van der Waals surface area contributed by atoms with Crippen LogP contribution >= 0.6 is 0 Å². The fourth-order valence-electron chi connectivity index (χ4n) is 1.18. The first-order valence-electron chi connectivity index (χ1n) is 4.76. The maximum atomic E-state index is 5.50. The van der Waals surface area contributed by atoms with E-state index in [1.165, 1.54) is 0 Å². The molecule has 15 heavy (non-hydrogen) atoms. The second-order valence-electron chi connectivity index (χ2n) is 3.04. The molecule has 0 fully saturated rings. The molecule has 0 aliphatic heterocycles. The standard InChI is InChI=1S/C10H11N4O/c1-2-5-9(6-3-1)15-8-4-7-10-11-13-14-12-10/h2-3,5-6H,4,7-8H2,(H,11,12,13,14). The van der Waals surface area contributed by atoms with Crippen LogP contribution in [-0.2, 0) is 6.42 Å². The number of benzene rings is 1. The highest BCUT2D eigenvalue weighted by Crippen LogP contribution is 2.08. The Morgan fingerprint density at radius 3 is 2.93 bits per heavy atom. The molecule has 0 atom stereocenters. The highest BCUT2D eigenvalue weighted by atomic mass is 16.5. The molecule has 1 N–H and O–H groups in total. The summed E-state index contributed by atoms with van der Waals surface area (Å²) in [4.78, 5) is 0. The van der Waals surface area contributed by atoms with Crippen LogP contribution in [0.1, 0.15) is 12.2 Å². The van der Waals surface area contributed by atoms with E-state index in [1.807, 2.05) is 24.3 Å². The normalized spacial score (nSPS) is 10.1. The number of aromatic amines is 1. The molecule has 5 heteroatoms. The van der Waals surface area contributed by atoms with Crippen LogP contribution in [0.5, 0.6) is 5.75 Å². The number of H-pyrrole nitrogens is 1. The zero-order valence-electron chi connectivity index (χ0n) is 8.18. The molecule has 0 saturated carbocycles. The zero-order valence-corrected chi connectivity index (χ0v) is 8.18. The minimum absolute atomic E-state index is 0.657. The third-order valence-corrected chi connectivity index (χ3v) is 1.90. The van der Waals surface area contributed by atoms with E-state index >= 15 is 0 Å². The van der Waals surface area contributed by atoms with Crippen molar-refractivity contribution in [3.05, 3.63) is 36.2 Å². The van der Waals surface area contributed by atoms with Crippen LogP contribution in [0.4, 0.5) is 0 Å². The monoisotopic (exact) mass is 203 g/mol.